The molecule has 0 aliphatic carbocycles. The van der Waals surface area contributed by atoms with Gasteiger partial charge in [-0.2, -0.15) is 4.98 Å². The van der Waals surface area contributed by atoms with Crippen LogP contribution in [0.1, 0.15) is 17.0 Å². The predicted octanol–water partition coefficient (Wildman–Crippen LogP) is 3.28. The van der Waals surface area contributed by atoms with Gasteiger partial charge in [0.25, 0.3) is 0 Å². The zero-order chi connectivity index (χ0) is 19.2. The molecule has 144 valence electrons. The Morgan fingerprint density at radius 2 is 1.64 bits per heavy atom. The zero-order valence-corrected chi connectivity index (χ0v) is 16.6. The van der Waals surface area contributed by atoms with Gasteiger partial charge in [0.15, 0.2) is 0 Å². The number of hydrogen-bond acceptors (Lipinski definition) is 5. The van der Waals surface area contributed by atoms with Crippen LogP contribution in [-0.2, 0) is 13.2 Å². The molecule has 3 heterocycles. The summed E-state index contributed by atoms with van der Waals surface area (Å²) >= 11 is 5.43. The molecule has 0 saturated carbocycles. The van der Waals surface area contributed by atoms with E-state index in [-0.39, 0.29) is 0 Å². The number of pyridine rings is 1. The van der Waals surface area contributed by atoms with Gasteiger partial charge in [0.2, 0.25) is 4.77 Å². The first-order valence-corrected chi connectivity index (χ1v) is 9.91. The van der Waals surface area contributed by atoms with Crippen LogP contribution in [0.2, 0.25) is 0 Å². The predicted molar refractivity (Wildman–Crippen MR) is 114 cm³/mol. The maximum Gasteiger partial charge on any atom is 0.217 e. The highest BCUT2D eigenvalue weighted by Gasteiger charge is 2.17. The summed E-state index contributed by atoms with van der Waals surface area (Å²) in [7, 11) is 0. The second-order valence-corrected chi connectivity index (χ2v) is 7.32. The summed E-state index contributed by atoms with van der Waals surface area (Å²) in [5, 5.41) is 3.30. The summed E-state index contributed by atoms with van der Waals surface area (Å²) in [6.45, 7) is 5.85. The molecule has 1 aliphatic heterocycles. The Labute approximate surface area is 170 Å². The van der Waals surface area contributed by atoms with Gasteiger partial charge in [0.05, 0.1) is 6.67 Å². The standard InChI is InChI=1S/C21H24N6S/c28-21-23-20(7-6-18-4-2-1-3-5-18)24-27(21)17-26-14-12-25(13-15-26)16-19-8-10-22-11-9-19/h1-11H,12-17H2,(H,23,24,28)/b7-6+. The number of benzene rings is 1. The third kappa shape index (κ3) is 5.01. The topological polar surface area (TPSA) is 53.0 Å². The summed E-state index contributed by atoms with van der Waals surface area (Å²) in [4.78, 5) is 13.4. The number of aromatic nitrogens is 4. The molecular weight excluding hydrogens is 368 g/mol. The van der Waals surface area contributed by atoms with E-state index >= 15 is 0 Å². The Balaban J connectivity index is 1.31. The van der Waals surface area contributed by atoms with Crippen LogP contribution in [-0.4, -0.2) is 55.7 Å². The lowest BCUT2D eigenvalue weighted by Crippen LogP contribution is -2.46. The maximum atomic E-state index is 5.43. The van der Waals surface area contributed by atoms with Crippen LogP contribution < -0.4 is 0 Å². The molecule has 28 heavy (non-hydrogen) atoms. The van der Waals surface area contributed by atoms with Crippen molar-refractivity contribution >= 4 is 24.4 Å². The van der Waals surface area contributed by atoms with Gasteiger partial charge >= 0.3 is 0 Å². The highest BCUT2D eigenvalue weighted by Crippen LogP contribution is 2.09. The summed E-state index contributed by atoms with van der Waals surface area (Å²) < 4.78 is 2.53. The number of nitrogens with one attached hydrogen (secondary N) is 1. The average Bonchev–Trinajstić information content (AvgIpc) is 3.09. The van der Waals surface area contributed by atoms with Gasteiger partial charge in [-0.15, -0.1) is 0 Å². The molecule has 0 radical (unpaired) electrons. The van der Waals surface area contributed by atoms with Crippen LogP contribution in [0.4, 0.5) is 0 Å². The van der Waals surface area contributed by atoms with Crippen molar-refractivity contribution < 1.29 is 0 Å². The highest BCUT2D eigenvalue weighted by molar-refractivity contribution is 7.71. The normalized spacial score (nSPS) is 16.0. The lowest BCUT2D eigenvalue weighted by Gasteiger charge is -2.34. The largest absolute Gasteiger partial charge is 0.297 e. The summed E-state index contributed by atoms with van der Waals surface area (Å²) in [6.07, 6.45) is 7.72. The van der Waals surface area contributed by atoms with Gasteiger partial charge in [-0.3, -0.25) is 19.9 Å². The van der Waals surface area contributed by atoms with Gasteiger partial charge in [-0.25, -0.2) is 4.68 Å². The number of nitrogens with zero attached hydrogens (tertiary/aromatic N) is 5. The summed E-state index contributed by atoms with van der Waals surface area (Å²) in [5.41, 5.74) is 2.45. The van der Waals surface area contributed by atoms with Crippen molar-refractivity contribution in [3.8, 4) is 0 Å². The van der Waals surface area contributed by atoms with E-state index in [2.05, 4.69) is 49.1 Å². The van der Waals surface area contributed by atoms with Gasteiger partial charge in [-0.05, 0) is 41.6 Å². The van der Waals surface area contributed by atoms with Crippen molar-refractivity contribution in [3.63, 3.8) is 0 Å². The van der Waals surface area contributed by atoms with Gasteiger partial charge in [0.1, 0.15) is 5.82 Å². The number of H-pyrrole nitrogens is 1. The fourth-order valence-corrected chi connectivity index (χ4v) is 3.52. The van der Waals surface area contributed by atoms with Crippen molar-refractivity contribution in [1.82, 2.24) is 29.5 Å². The zero-order valence-electron chi connectivity index (χ0n) is 15.7. The smallest absolute Gasteiger partial charge is 0.217 e. The third-order valence-electron chi connectivity index (χ3n) is 4.89. The molecule has 4 rings (SSSR count). The SMILES string of the molecule is S=c1nc(/C=C/c2ccccc2)[nH]n1CN1CCN(Cc2ccncc2)CC1. The molecule has 1 N–H and O–H groups in total. The first-order chi connectivity index (χ1) is 13.8. The molecule has 1 saturated heterocycles. The molecule has 2 aromatic heterocycles. The fourth-order valence-electron chi connectivity index (χ4n) is 3.32. The van der Waals surface area contributed by atoms with E-state index in [0.717, 1.165) is 50.8 Å². The third-order valence-corrected chi connectivity index (χ3v) is 5.20. The molecular formula is C21H24N6S. The van der Waals surface area contributed by atoms with Crippen molar-refractivity contribution in [2.45, 2.75) is 13.2 Å². The Bertz CT molecular complexity index is 955. The molecule has 0 atom stereocenters. The van der Waals surface area contributed by atoms with Crippen LogP contribution in [0.5, 0.6) is 0 Å². The Morgan fingerprint density at radius 1 is 0.929 bits per heavy atom. The molecule has 0 unspecified atom stereocenters. The van der Waals surface area contributed by atoms with Crippen molar-refractivity contribution in [1.29, 1.82) is 0 Å². The van der Waals surface area contributed by atoms with Gasteiger partial charge in [0, 0.05) is 45.1 Å². The molecule has 0 bridgehead atoms. The average molecular weight is 393 g/mol. The lowest BCUT2D eigenvalue weighted by molar-refractivity contribution is 0.0981. The van der Waals surface area contributed by atoms with Crippen LogP contribution in [0, 0.1) is 4.77 Å². The van der Waals surface area contributed by atoms with E-state index in [4.69, 9.17) is 12.2 Å². The minimum atomic E-state index is 0.590. The lowest BCUT2D eigenvalue weighted by atomic mass is 10.2. The van der Waals surface area contributed by atoms with Crippen molar-refractivity contribution in [2.24, 2.45) is 0 Å². The second kappa shape index (κ2) is 9.05. The number of aromatic amines is 1. The fraction of sp³-hybridized carbons (Fsp3) is 0.286. The monoisotopic (exact) mass is 392 g/mol. The first kappa shape index (κ1) is 18.7. The first-order valence-electron chi connectivity index (χ1n) is 9.50. The second-order valence-electron chi connectivity index (χ2n) is 6.95. The molecule has 3 aromatic rings. The molecule has 6 nitrogen and oxygen atoms in total. The van der Waals surface area contributed by atoms with Gasteiger partial charge < -0.3 is 0 Å². The minimum absolute atomic E-state index is 0.590. The van der Waals surface area contributed by atoms with Crippen LogP contribution in [0.25, 0.3) is 12.2 Å². The summed E-state index contributed by atoms with van der Waals surface area (Å²) in [6, 6.07) is 14.3. The number of hydrogen-bond donors (Lipinski definition) is 1. The van der Waals surface area contributed by atoms with Crippen LogP contribution >= 0.6 is 12.2 Å². The van der Waals surface area contributed by atoms with Crippen molar-refractivity contribution in [3.05, 3.63) is 76.6 Å². The van der Waals surface area contributed by atoms with E-state index in [1.165, 1.54) is 5.56 Å². The van der Waals surface area contributed by atoms with E-state index in [9.17, 15) is 0 Å². The summed E-state index contributed by atoms with van der Waals surface area (Å²) in [5.74, 6) is 0.783. The van der Waals surface area contributed by atoms with E-state index in [1.54, 1.807) is 0 Å². The maximum absolute atomic E-state index is 5.43. The van der Waals surface area contributed by atoms with E-state index in [1.807, 2.05) is 47.4 Å². The van der Waals surface area contributed by atoms with Crippen molar-refractivity contribution in [2.75, 3.05) is 26.2 Å². The quantitative estimate of drug-likeness (QED) is 0.653. The highest BCUT2D eigenvalue weighted by atomic mass is 32.1. The van der Waals surface area contributed by atoms with E-state index < -0.39 is 0 Å². The Morgan fingerprint density at radius 3 is 2.39 bits per heavy atom. The molecule has 7 heteroatoms. The van der Waals surface area contributed by atoms with Gasteiger partial charge in [-0.1, -0.05) is 36.4 Å². The Hall–Kier alpha value is -2.61. The minimum Gasteiger partial charge on any atom is -0.297 e. The van der Waals surface area contributed by atoms with E-state index in [0.29, 0.717) is 4.77 Å². The number of piperazine rings is 1. The molecule has 1 aliphatic rings. The molecule has 0 spiro atoms. The molecule has 0 amide bonds. The number of rotatable bonds is 6. The Kier molecular flexibility index (Phi) is 6.06. The molecule has 1 fully saturated rings. The van der Waals surface area contributed by atoms with Crippen LogP contribution in [0.15, 0.2) is 54.9 Å². The molecule has 1 aromatic carbocycles. The van der Waals surface area contributed by atoms with Crippen LogP contribution in [0.3, 0.4) is 0 Å².